The van der Waals surface area contributed by atoms with Gasteiger partial charge >= 0.3 is 6.03 Å². The lowest BCUT2D eigenvalue weighted by Crippen LogP contribution is -2.40. The summed E-state index contributed by atoms with van der Waals surface area (Å²) in [5.41, 5.74) is 1.48. The smallest absolute Gasteiger partial charge is 0.324 e. The predicted octanol–water partition coefficient (Wildman–Crippen LogP) is 4.52. The fourth-order valence-corrected chi connectivity index (χ4v) is 3.16. The van der Waals surface area contributed by atoms with Crippen LogP contribution in [-0.2, 0) is 0 Å². The van der Waals surface area contributed by atoms with Crippen LogP contribution in [0.3, 0.4) is 0 Å². The number of benzene rings is 2. The third kappa shape index (κ3) is 3.32. The van der Waals surface area contributed by atoms with Gasteiger partial charge in [-0.15, -0.1) is 0 Å². The molecule has 0 aromatic heterocycles. The van der Waals surface area contributed by atoms with Crippen molar-refractivity contribution in [1.82, 2.24) is 4.90 Å². The van der Waals surface area contributed by atoms with Gasteiger partial charge in [0, 0.05) is 31.1 Å². The highest BCUT2D eigenvalue weighted by molar-refractivity contribution is 6.30. The van der Waals surface area contributed by atoms with E-state index in [4.69, 9.17) is 11.6 Å². The fourth-order valence-electron chi connectivity index (χ4n) is 3.00. The summed E-state index contributed by atoms with van der Waals surface area (Å²) in [5, 5.41) is 0.317. The predicted molar refractivity (Wildman–Crippen MR) is 90.6 cm³/mol. The summed E-state index contributed by atoms with van der Waals surface area (Å²) in [7, 11) is 1.59. The second-order valence-corrected chi connectivity index (χ2v) is 6.22. The Morgan fingerprint density at radius 3 is 2.70 bits per heavy atom. The van der Waals surface area contributed by atoms with E-state index in [1.807, 2.05) is 18.2 Å². The van der Waals surface area contributed by atoms with Gasteiger partial charge in [0.25, 0.3) is 0 Å². The van der Waals surface area contributed by atoms with Crippen LogP contribution in [-0.4, -0.2) is 31.1 Å². The van der Waals surface area contributed by atoms with Crippen LogP contribution >= 0.6 is 11.6 Å². The van der Waals surface area contributed by atoms with E-state index in [-0.39, 0.29) is 11.7 Å². The monoisotopic (exact) mass is 332 g/mol. The van der Waals surface area contributed by atoms with Gasteiger partial charge in [-0.3, -0.25) is 4.90 Å². The number of rotatable bonds is 2. The Bertz CT molecular complexity index is 707. The molecular weight excluding hydrogens is 315 g/mol. The van der Waals surface area contributed by atoms with E-state index >= 15 is 0 Å². The Hall–Kier alpha value is -2.07. The Kier molecular flexibility index (Phi) is 4.53. The number of amides is 2. The van der Waals surface area contributed by atoms with Gasteiger partial charge in [-0.05, 0) is 30.2 Å². The third-order valence-corrected chi connectivity index (χ3v) is 4.52. The van der Waals surface area contributed by atoms with Crippen LogP contribution in [0.2, 0.25) is 5.02 Å². The Balaban J connectivity index is 1.71. The van der Waals surface area contributed by atoms with Crippen molar-refractivity contribution in [2.45, 2.75) is 12.3 Å². The van der Waals surface area contributed by atoms with E-state index < -0.39 is 5.82 Å². The molecule has 0 aliphatic carbocycles. The number of likely N-dealkylation sites (tertiary alicyclic amines) is 1. The van der Waals surface area contributed by atoms with Gasteiger partial charge in [-0.1, -0.05) is 41.9 Å². The molecule has 0 radical (unpaired) electrons. The molecule has 0 spiro atoms. The van der Waals surface area contributed by atoms with Crippen molar-refractivity contribution in [2.75, 3.05) is 25.0 Å². The highest BCUT2D eigenvalue weighted by Gasteiger charge is 2.30. The topological polar surface area (TPSA) is 23.6 Å². The Morgan fingerprint density at radius 2 is 2.00 bits per heavy atom. The Morgan fingerprint density at radius 1 is 1.26 bits per heavy atom. The summed E-state index contributed by atoms with van der Waals surface area (Å²) in [6.07, 6.45) is 0.923. The first-order valence-electron chi connectivity index (χ1n) is 7.59. The van der Waals surface area contributed by atoms with Gasteiger partial charge in [0.1, 0.15) is 5.82 Å². The van der Waals surface area contributed by atoms with Crippen molar-refractivity contribution in [3.05, 3.63) is 64.9 Å². The second kappa shape index (κ2) is 6.59. The number of halogens is 2. The molecule has 1 unspecified atom stereocenters. The number of carbonyl (C=O) groups is 1. The highest BCUT2D eigenvalue weighted by Crippen LogP contribution is 2.29. The van der Waals surface area contributed by atoms with E-state index in [9.17, 15) is 9.18 Å². The van der Waals surface area contributed by atoms with E-state index in [1.54, 1.807) is 18.0 Å². The van der Waals surface area contributed by atoms with Crippen LogP contribution in [0.15, 0.2) is 48.5 Å². The zero-order valence-corrected chi connectivity index (χ0v) is 13.6. The highest BCUT2D eigenvalue weighted by atomic mass is 35.5. The average Bonchev–Trinajstić information content (AvgIpc) is 3.04. The average molecular weight is 333 g/mol. The van der Waals surface area contributed by atoms with Gasteiger partial charge in [0.05, 0.1) is 5.69 Å². The number of hydrogen-bond acceptors (Lipinski definition) is 1. The summed E-state index contributed by atoms with van der Waals surface area (Å²) >= 11 is 5.76. The quantitative estimate of drug-likeness (QED) is 0.792. The van der Waals surface area contributed by atoms with Crippen molar-refractivity contribution < 1.29 is 9.18 Å². The van der Waals surface area contributed by atoms with Crippen molar-refractivity contribution in [3.8, 4) is 0 Å². The molecule has 2 amide bonds. The van der Waals surface area contributed by atoms with Gasteiger partial charge in [0.15, 0.2) is 0 Å². The lowest BCUT2D eigenvalue weighted by Gasteiger charge is -2.25. The molecule has 1 heterocycles. The number of urea groups is 1. The molecule has 5 heteroatoms. The molecule has 3 nitrogen and oxygen atoms in total. The van der Waals surface area contributed by atoms with E-state index in [0.29, 0.717) is 24.0 Å². The van der Waals surface area contributed by atoms with Crippen LogP contribution in [0.4, 0.5) is 14.9 Å². The van der Waals surface area contributed by atoms with Crippen LogP contribution in [0.25, 0.3) is 0 Å². The maximum absolute atomic E-state index is 14.0. The summed E-state index contributed by atoms with van der Waals surface area (Å²) < 4.78 is 14.0. The normalized spacial score (nSPS) is 17.3. The zero-order chi connectivity index (χ0) is 16.4. The first-order valence-corrected chi connectivity index (χ1v) is 7.96. The van der Waals surface area contributed by atoms with Crippen molar-refractivity contribution in [2.24, 2.45) is 0 Å². The molecule has 0 saturated carbocycles. The molecule has 3 rings (SSSR count). The summed E-state index contributed by atoms with van der Waals surface area (Å²) in [4.78, 5) is 15.7. The number of anilines is 1. The lowest BCUT2D eigenvalue weighted by molar-refractivity contribution is 0.216. The first-order chi connectivity index (χ1) is 11.1. The molecule has 1 aliphatic rings. The minimum absolute atomic E-state index is 0.190. The molecule has 1 atom stereocenters. The van der Waals surface area contributed by atoms with Crippen LogP contribution in [0.5, 0.6) is 0 Å². The van der Waals surface area contributed by atoms with E-state index in [1.165, 1.54) is 22.6 Å². The molecule has 1 aliphatic heterocycles. The first kappa shape index (κ1) is 15.8. The molecule has 0 N–H and O–H groups in total. The molecule has 1 saturated heterocycles. The fraction of sp³-hybridized carbons (Fsp3) is 0.278. The van der Waals surface area contributed by atoms with Gasteiger partial charge in [0.2, 0.25) is 0 Å². The molecular formula is C18H18ClFN2O. The summed E-state index contributed by atoms with van der Waals surface area (Å²) in [6, 6.07) is 14.3. The number of hydrogen-bond donors (Lipinski definition) is 0. The van der Waals surface area contributed by atoms with Crippen molar-refractivity contribution in [1.29, 1.82) is 0 Å². The SMILES string of the molecule is CN(C(=O)N1CCC(c2ccccc2)C1)c1ccc(Cl)cc1F. The van der Waals surface area contributed by atoms with Gasteiger partial charge in [-0.25, -0.2) is 9.18 Å². The maximum Gasteiger partial charge on any atom is 0.324 e. The lowest BCUT2D eigenvalue weighted by atomic mass is 9.99. The van der Waals surface area contributed by atoms with E-state index in [0.717, 1.165) is 6.42 Å². The third-order valence-electron chi connectivity index (χ3n) is 4.29. The zero-order valence-electron chi connectivity index (χ0n) is 12.9. The van der Waals surface area contributed by atoms with Gasteiger partial charge < -0.3 is 4.90 Å². The number of carbonyl (C=O) groups excluding carboxylic acids is 1. The molecule has 23 heavy (non-hydrogen) atoms. The summed E-state index contributed by atoms with van der Waals surface area (Å²) in [5.74, 6) is -0.157. The van der Waals surface area contributed by atoms with Crippen LogP contribution in [0, 0.1) is 5.82 Å². The van der Waals surface area contributed by atoms with Crippen molar-refractivity contribution >= 4 is 23.3 Å². The van der Waals surface area contributed by atoms with Gasteiger partial charge in [-0.2, -0.15) is 0 Å². The minimum atomic E-state index is -0.493. The molecule has 120 valence electrons. The second-order valence-electron chi connectivity index (χ2n) is 5.78. The molecule has 2 aromatic carbocycles. The molecule has 2 aromatic rings. The maximum atomic E-state index is 14.0. The molecule has 0 bridgehead atoms. The van der Waals surface area contributed by atoms with Crippen molar-refractivity contribution in [3.63, 3.8) is 0 Å². The summed E-state index contributed by atoms with van der Waals surface area (Å²) in [6.45, 7) is 1.33. The largest absolute Gasteiger partial charge is 0.324 e. The van der Waals surface area contributed by atoms with Crippen LogP contribution < -0.4 is 4.90 Å². The standard InChI is InChI=1S/C18H18ClFN2O/c1-21(17-8-7-15(19)11-16(17)20)18(23)22-10-9-14(12-22)13-5-3-2-4-6-13/h2-8,11,14H,9-10,12H2,1H3. The Labute approximate surface area is 140 Å². The molecule has 1 fully saturated rings. The van der Waals surface area contributed by atoms with Crippen LogP contribution in [0.1, 0.15) is 17.9 Å². The number of nitrogens with zero attached hydrogens (tertiary/aromatic N) is 2. The van der Waals surface area contributed by atoms with E-state index in [2.05, 4.69) is 12.1 Å². The minimum Gasteiger partial charge on any atom is -0.324 e.